The Morgan fingerprint density at radius 3 is 1.79 bits per heavy atom. The number of carbonyl (C=O) groups excluding carboxylic acids is 2. The van der Waals surface area contributed by atoms with Gasteiger partial charge in [-0.1, -0.05) is 91.0 Å². The SMILES string of the molecule is COC(=O)c1scc(-c2ccccc2)c1NC(=O)C(OC)(c1ccccc1)c1ccccc1. The normalized spacial score (nSPS) is 11.1. The first-order valence-corrected chi connectivity index (χ1v) is 11.2. The van der Waals surface area contributed by atoms with E-state index in [9.17, 15) is 9.59 Å². The highest BCUT2D eigenvalue weighted by molar-refractivity contribution is 7.13. The summed E-state index contributed by atoms with van der Waals surface area (Å²) < 4.78 is 10.9. The third-order valence-electron chi connectivity index (χ3n) is 5.47. The second-order valence-electron chi connectivity index (χ2n) is 7.28. The molecule has 4 aromatic rings. The molecule has 33 heavy (non-hydrogen) atoms. The molecule has 0 fully saturated rings. The predicted molar refractivity (Wildman–Crippen MR) is 130 cm³/mol. The average molecular weight is 458 g/mol. The van der Waals surface area contributed by atoms with Gasteiger partial charge in [0.2, 0.25) is 0 Å². The fourth-order valence-corrected chi connectivity index (χ4v) is 4.81. The van der Waals surface area contributed by atoms with E-state index >= 15 is 0 Å². The van der Waals surface area contributed by atoms with Gasteiger partial charge in [0.1, 0.15) is 4.88 Å². The summed E-state index contributed by atoms with van der Waals surface area (Å²) in [5, 5.41) is 4.85. The number of methoxy groups -OCH3 is 2. The Morgan fingerprint density at radius 2 is 1.30 bits per heavy atom. The lowest BCUT2D eigenvalue weighted by Crippen LogP contribution is -2.43. The zero-order valence-electron chi connectivity index (χ0n) is 18.3. The molecule has 4 rings (SSSR count). The van der Waals surface area contributed by atoms with E-state index in [1.165, 1.54) is 25.6 Å². The molecule has 0 spiro atoms. The molecule has 6 heteroatoms. The molecule has 0 unspecified atom stereocenters. The number of hydrogen-bond acceptors (Lipinski definition) is 5. The Kier molecular flexibility index (Phi) is 6.68. The van der Waals surface area contributed by atoms with Gasteiger partial charge in [0.25, 0.3) is 5.91 Å². The molecule has 0 radical (unpaired) electrons. The quantitative estimate of drug-likeness (QED) is 0.360. The minimum absolute atomic E-state index is 0.316. The highest BCUT2D eigenvalue weighted by atomic mass is 32.1. The van der Waals surface area contributed by atoms with Crippen molar-refractivity contribution in [2.75, 3.05) is 19.5 Å². The van der Waals surface area contributed by atoms with Crippen LogP contribution < -0.4 is 5.32 Å². The molecule has 3 aromatic carbocycles. The number of esters is 1. The van der Waals surface area contributed by atoms with Gasteiger partial charge in [-0.3, -0.25) is 4.79 Å². The molecule has 0 saturated heterocycles. The summed E-state index contributed by atoms with van der Waals surface area (Å²) in [5.41, 5.74) is 1.93. The van der Waals surface area contributed by atoms with E-state index in [0.29, 0.717) is 21.7 Å². The van der Waals surface area contributed by atoms with Crippen molar-refractivity contribution in [2.45, 2.75) is 5.60 Å². The van der Waals surface area contributed by atoms with E-state index in [1.807, 2.05) is 96.4 Å². The van der Waals surface area contributed by atoms with Gasteiger partial charge >= 0.3 is 5.97 Å². The fraction of sp³-hybridized carbons (Fsp3) is 0.111. The minimum Gasteiger partial charge on any atom is -0.465 e. The maximum Gasteiger partial charge on any atom is 0.350 e. The summed E-state index contributed by atoms with van der Waals surface area (Å²) in [7, 11) is 2.83. The van der Waals surface area contributed by atoms with Crippen molar-refractivity contribution in [3.05, 3.63) is 112 Å². The predicted octanol–water partition coefficient (Wildman–Crippen LogP) is 5.73. The zero-order chi connectivity index (χ0) is 23.3. The van der Waals surface area contributed by atoms with Crippen molar-refractivity contribution in [1.82, 2.24) is 0 Å². The number of rotatable bonds is 7. The van der Waals surface area contributed by atoms with Crippen LogP contribution in [-0.2, 0) is 19.9 Å². The second kappa shape index (κ2) is 9.81. The van der Waals surface area contributed by atoms with Crippen LogP contribution in [0.15, 0.2) is 96.4 Å². The van der Waals surface area contributed by atoms with Gasteiger partial charge in [-0.25, -0.2) is 4.79 Å². The van der Waals surface area contributed by atoms with E-state index in [0.717, 1.165) is 11.1 Å². The third-order valence-corrected chi connectivity index (χ3v) is 6.43. The van der Waals surface area contributed by atoms with Crippen molar-refractivity contribution in [2.24, 2.45) is 0 Å². The molecule has 0 aliphatic carbocycles. The molecule has 0 aliphatic heterocycles. The number of hydrogen-bond donors (Lipinski definition) is 1. The molecule has 1 N–H and O–H groups in total. The topological polar surface area (TPSA) is 64.6 Å². The number of anilines is 1. The van der Waals surface area contributed by atoms with E-state index in [4.69, 9.17) is 9.47 Å². The standard InChI is InChI=1S/C27H23NO4S/c1-31-25(29)24-23(22(18-33-24)19-12-6-3-7-13-19)28-26(30)27(32-2,20-14-8-4-9-15-20)21-16-10-5-11-17-21/h3-18H,1-2H3,(H,28,30). The molecule has 0 saturated carbocycles. The smallest absolute Gasteiger partial charge is 0.350 e. The lowest BCUT2D eigenvalue weighted by atomic mass is 9.85. The highest BCUT2D eigenvalue weighted by Crippen LogP contribution is 2.40. The van der Waals surface area contributed by atoms with Crippen molar-refractivity contribution < 1.29 is 19.1 Å². The molecular weight excluding hydrogens is 434 g/mol. The van der Waals surface area contributed by atoms with Crippen LogP contribution in [0.5, 0.6) is 0 Å². The Hall–Kier alpha value is -3.74. The average Bonchev–Trinajstić information content (AvgIpc) is 3.29. The van der Waals surface area contributed by atoms with Gasteiger partial charge in [0, 0.05) is 18.1 Å². The van der Waals surface area contributed by atoms with Crippen LogP contribution in [0.1, 0.15) is 20.8 Å². The van der Waals surface area contributed by atoms with Crippen LogP contribution in [0, 0.1) is 0 Å². The molecule has 1 heterocycles. The Balaban J connectivity index is 1.86. The molecule has 1 amide bonds. The summed E-state index contributed by atoms with van der Waals surface area (Å²) in [6, 6.07) is 28.2. The molecule has 0 aliphatic rings. The van der Waals surface area contributed by atoms with E-state index in [2.05, 4.69) is 5.32 Å². The molecule has 5 nitrogen and oxygen atoms in total. The van der Waals surface area contributed by atoms with Crippen molar-refractivity contribution in [1.29, 1.82) is 0 Å². The number of benzene rings is 3. The summed E-state index contributed by atoms with van der Waals surface area (Å²) >= 11 is 1.23. The van der Waals surface area contributed by atoms with Crippen LogP contribution >= 0.6 is 11.3 Å². The molecule has 0 atom stereocenters. The number of ether oxygens (including phenoxy) is 2. The Labute approximate surface area is 196 Å². The lowest BCUT2D eigenvalue weighted by molar-refractivity contribution is -0.134. The fourth-order valence-electron chi connectivity index (χ4n) is 3.86. The summed E-state index contributed by atoms with van der Waals surface area (Å²) in [4.78, 5) is 26.9. The second-order valence-corrected chi connectivity index (χ2v) is 8.16. The van der Waals surface area contributed by atoms with Gasteiger partial charge in [-0.15, -0.1) is 11.3 Å². The monoisotopic (exact) mass is 457 g/mol. The zero-order valence-corrected chi connectivity index (χ0v) is 19.1. The van der Waals surface area contributed by atoms with E-state index in [1.54, 1.807) is 0 Å². The Bertz CT molecular complexity index is 1200. The summed E-state index contributed by atoms with van der Waals surface area (Å²) in [5.74, 6) is -0.928. The number of nitrogens with one attached hydrogen (secondary N) is 1. The van der Waals surface area contributed by atoms with Gasteiger partial charge in [-0.2, -0.15) is 0 Å². The van der Waals surface area contributed by atoms with Crippen molar-refractivity contribution in [3.8, 4) is 11.1 Å². The number of amides is 1. The largest absolute Gasteiger partial charge is 0.465 e. The number of thiophene rings is 1. The molecule has 1 aromatic heterocycles. The summed E-state index contributed by atoms with van der Waals surface area (Å²) in [6.45, 7) is 0. The van der Waals surface area contributed by atoms with Crippen LogP contribution in [0.2, 0.25) is 0 Å². The lowest BCUT2D eigenvalue weighted by Gasteiger charge is -2.32. The van der Waals surface area contributed by atoms with E-state index < -0.39 is 17.5 Å². The Morgan fingerprint density at radius 1 is 0.788 bits per heavy atom. The molecular formula is C27H23NO4S. The van der Waals surface area contributed by atoms with Gasteiger partial charge in [0.15, 0.2) is 5.60 Å². The van der Waals surface area contributed by atoms with Crippen LogP contribution in [-0.4, -0.2) is 26.1 Å². The van der Waals surface area contributed by atoms with Crippen LogP contribution in [0.3, 0.4) is 0 Å². The third kappa shape index (κ3) is 4.18. The van der Waals surface area contributed by atoms with Crippen LogP contribution in [0.4, 0.5) is 5.69 Å². The molecule has 166 valence electrons. The minimum atomic E-state index is -1.42. The van der Waals surface area contributed by atoms with E-state index in [-0.39, 0.29) is 0 Å². The summed E-state index contributed by atoms with van der Waals surface area (Å²) in [6.07, 6.45) is 0. The number of carbonyl (C=O) groups is 2. The van der Waals surface area contributed by atoms with Crippen LogP contribution in [0.25, 0.3) is 11.1 Å². The maximum absolute atomic E-state index is 14.0. The maximum atomic E-state index is 14.0. The first kappa shape index (κ1) is 22.5. The van der Waals surface area contributed by atoms with Gasteiger partial charge in [-0.05, 0) is 16.7 Å². The van der Waals surface area contributed by atoms with Gasteiger partial charge < -0.3 is 14.8 Å². The first-order valence-electron chi connectivity index (χ1n) is 10.3. The highest BCUT2D eigenvalue weighted by Gasteiger charge is 2.43. The molecule has 0 bridgehead atoms. The van der Waals surface area contributed by atoms with Crippen molar-refractivity contribution >= 4 is 28.9 Å². The first-order chi connectivity index (χ1) is 16.1. The van der Waals surface area contributed by atoms with Gasteiger partial charge in [0.05, 0.1) is 12.8 Å². The van der Waals surface area contributed by atoms with Crippen molar-refractivity contribution in [3.63, 3.8) is 0 Å².